The van der Waals surface area contributed by atoms with E-state index in [1.54, 1.807) is 0 Å². The number of ether oxygens (including phenoxy) is 2. The average molecular weight is 287 g/mol. The molecule has 0 spiro atoms. The van der Waals surface area contributed by atoms with E-state index in [2.05, 4.69) is 0 Å². The van der Waals surface area contributed by atoms with Crippen molar-refractivity contribution in [3.63, 3.8) is 0 Å². The Hall–Kier alpha value is -1.05. The van der Waals surface area contributed by atoms with Gasteiger partial charge in [0.1, 0.15) is 30.5 Å². The van der Waals surface area contributed by atoms with E-state index in [0.717, 1.165) is 0 Å². The molecule has 8 nitrogen and oxygen atoms in total. The van der Waals surface area contributed by atoms with Crippen LogP contribution < -0.4 is 0 Å². The molecule has 5 N–H and O–H groups in total. The third-order valence-corrected chi connectivity index (χ3v) is 3.46. The van der Waals surface area contributed by atoms with Crippen molar-refractivity contribution in [3.05, 3.63) is 12.2 Å². The molecule has 0 radical (unpaired) electrons. The lowest BCUT2D eigenvalue weighted by Gasteiger charge is -2.41. The van der Waals surface area contributed by atoms with Gasteiger partial charge in [0.25, 0.3) is 0 Å². The van der Waals surface area contributed by atoms with Crippen LogP contribution in [0, 0.1) is 11.3 Å². The fourth-order valence-corrected chi connectivity index (χ4v) is 2.28. The van der Waals surface area contributed by atoms with E-state index in [1.807, 2.05) is 6.07 Å². The van der Waals surface area contributed by atoms with Crippen LogP contribution in [-0.4, -0.2) is 74.6 Å². The molecule has 1 saturated heterocycles. The summed E-state index contributed by atoms with van der Waals surface area (Å²) >= 11 is 0. The van der Waals surface area contributed by atoms with E-state index in [0.29, 0.717) is 0 Å². The highest BCUT2D eigenvalue weighted by molar-refractivity contribution is 5.24. The number of rotatable bonds is 3. The van der Waals surface area contributed by atoms with Crippen molar-refractivity contribution in [1.29, 1.82) is 5.26 Å². The molecule has 0 saturated carbocycles. The van der Waals surface area contributed by atoms with Gasteiger partial charge in [-0.1, -0.05) is 6.08 Å². The molecule has 7 atom stereocenters. The van der Waals surface area contributed by atoms with Gasteiger partial charge in [0.05, 0.1) is 12.7 Å². The molecule has 5 unspecified atom stereocenters. The van der Waals surface area contributed by atoms with Crippen molar-refractivity contribution in [1.82, 2.24) is 0 Å². The SMILES string of the molecule is N#C[C@]1(OC2OC(CO)C(O)C(O)C2O)C=C[C@@H](O)C1. The molecule has 1 aliphatic carbocycles. The summed E-state index contributed by atoms with van der Waals surface area (Å²) in [5.74, 6) is 0. The van der Waals surface area contributed by atoms with Crippen LogP contribution in [0.15, 0.2) is 12.2 Å². The van der Waals surface area contributed by atoms with Crippen molar-refractivity contribution in [2.75, 3.05) is 6.61 Å². The monoisotopic (exact) mass is 287 g/mol. The predicted octanol–water partition coefficient (Wildman–Crippen LogP) is -2.61. The molecule has 8 heteroatoms. The summed E-state index contributed by atoms with van der Waals surface area (Å²) in [6, 6.07) is 1.87. The van der Waals surface area contributed by atoms with Crippen molar-refractivity contribution in [2.45, 2.75) is 48.8 Å². The second kappa shape index (κ2) is 5.75. The Bertz CT molecular complexity index is 421. The molecule has 0 amide bonds. The highest BCUT2D eigenvalue weighted by Crippen LogP contribution is 2.32. The predicted molar refractivity (Wildman–Crippen MR) is 63.0 cm³/mol. The molecule has 0 bridgehead atoms. The van der Waals surface area contributed by atoms with E-state index in [4.69, 9.17) is 19.8 Å². The Kier molecular flexibility index (Phi) is 4.41. The summed E-state index contributed by atoms with van der Waals surface area (Å²) in [6.07, 6.45) is -5.30. The van der Waals surface area contributed by atoms with Crippen LogP contribution in [0.3, 0.4) is 0 Å². The van der Waals surface area contributed by atoms with Crippen molar-refractivity contribution < 1.29 is 35.0 Å². The first-order valence-electron chi connectivity index (χ1n) is 6.19. The minimum absolute atomic E-state index is 0.0292. The largest absolute Gasteiger partial charge is 0.394 e. The zero-order valence-electron chi connectivity index (χ0n) is 10.5. The van der Waals surface area contributed by atoms with Gasteiger partial charge >= 0.3 is 0 Å². The Morgan fingerprint density at radius 1 is 1.25 bits per heavy atom. The second-order valence-corrected chi connectivity index (χ2v) is 4.95. The first-order chi connectivity index (χ1) is 9.42. The molecule has 1 aliphatic heterocycles. The summed E-state index contributed by atoms with van der Waals surface area (Å²) in [7, 11) is 0. The number of hydrogen-bond acceptors (Lipinski definition) is 8. The van der Waals surface area contributed by atoms with Crippen LogP contribution in [0.25, 0.3) is 0 Å². The Balaban J connectivity index is 2.12. The van der Waals surface area contributed by atoms with Crippen LogP contribution in [0.1, 0.15) is 6.42 Å². The molecule has 112 valence electrons. The van der Waals surface area contributed by atoms with Crippen LogP contribution in [0.5, 0.6) is 0 Å². The number of aliphatic hydroxyl groups excluding tert-OH is 5. The quantitative estimate of drug-likeness (QED) is 0.355. The Morgan fingerprint density at radius 3 is 2.45 bits per heavy atom. The summed E-state index contributed by atoms with van der Waals surface area (Å²) < 4.78 is 10.5. The van der Waals surface area contributed by atoms with Crippen molar-refractivity contribution in [3.8, 4) is 6.07 Å². The van der Waals surface area contributed by atoms with E-state index in [9.17, 15) is 20.4 Å². The number of aliphatic hydroxyl groups is 5. The minimum Gasteiger partial charge on any atom is -0.394 e. The van der Waals surface area contributed by atoms with Gasteiger partial charge in [-0.05, 0) is 6.08 Å². The Labute approximate surface area is 115 Å². The number of nitrogens with zero attached hydrogens (tertiary/aromatic N) is 1. The zero-order valence-corrected chi connectivity index (χ0v) is 10.5. The summed E-state index contributed by atoms with van der Waals surface area (Å²) in [4.78, 5) is 0. The van der Waals surface area contributed by atoms with E-state index >= 15 is 0 Å². The molecule has 1 fully saturated rings. The maximum atomic E-state index is 9.82. The summed E-state index contributed by atoms with van der Waals surface area (Å²) in [5.41, 5.74) is -1.48. The topological polar surface area (TPSA) is 143 Å². The molecular formula is C12H17NO7. The maximum absolute atomic E-state index is 9.82. The standard InChI is InChI=1S/C12H17NO7/c13-5-12(2-1-6(15)3-12)20-11-10(18)9(17)8(16)7(4-14)19-11/h1-2,6-11,14-18H,3-4H2/t6-,7?,8?,9?,10?,11?,12+/m1/s1. The third kappa shape index (κ3) is 2.70. The van der Waals surface area contributed by atoms with Crippen molar-refractivity contribution in [2.24, 2.45) is 0 Å². The normalized spacial score (nSPS) is 48.2. The first-order valence-corrected chi connectivity index (χ1v) is 6.19. The van der Waals surface area contributed by atoms with E-state index in [-0.39, 0.29) is 6.42 Å². The van der Waals surface area contributed by atoms with Gasteiger partial charge in [0.2, 0.25) is 0 Å². The van der Waals surface area contributed by atoms with E-state index in [1.165, 1.54) is 12.2 Å². The van der Waals surface area contributed by atoms with Crippen LogP contribution >= 0.6 is 0 Å². The lowest BCUT2D eigenvalue weighted by Crippen LogP contribution is -2.60. The maximum Gasteiger partial charge on any atom is 0.189 e. The van der Waals surface area contributed by atoms with Gasteiger partial charge in [-0.2, -0.15) is 5.26 Å². The van der Waals surface area contributed by atoms with Gasteiger partial charge in [-0.3, -0.25) is 0 Å². The highest BCUT2D eigenvalue weighted by atomic mass is 16.7. The van der Waals surface area contributed by atoms with Gasteiger partial charge < -0.3 is 35.0 Å². The molecule has 2 aliphatic rings. The molecule has 1 heterocycles. The molecule has 0 aromatic carbocycles. The number of nitriles is 1. The summed E-state index contributed by atoms with van der Waals surface area (Å²) in [6.45, 7) is -0.581. The summed E-state index contributed by atoms with van der Waals surface area (Å²) in [5, 5.41) is 56.7. The van der Waals surface area contributed by atoms with Gasteiger partial charge in [-0.15, -0.1) is 0 Å². The molecule has 20 heavy (non-hydrogen) atoms. The average Bonchev–Trinajstić information content (AvgIpc) is 2.81. The molecule has 0 aromatic heterocycles. The lowest BCUT2D eigenvalue weighted by molar-refractivity contribution is -0.315. The Morgan fingerprint density at radius 2 is 1.95 bits per heavy atom. The second-order valence-electron chi connectivity index (χ2n) is 4.95. The lowest BCUT2D eigenvalue weighted by atomic mass is 9.98. The van der Waals surface area contributed by atoms with Crippen LogP contribution in [-0.2, 0) is 9.47 Å². The smallest absolute Gasteiger partial charge is 0.189 e. The molecule has 2 rings (SSSR count). The van der Waals surface area contributed by atoms with Crippen molar-refractivity contribution >= 4 is 0 Å². The first kappa shape index (κ1) is 15.3. The van der Waals surface area contributed by atoms with Gasteiger partial charge in [0.15, 0.2) is 11.9 Å². The zero-order chi connectivity index (χ0) is 14.9. The highest BCUT2D eigenvalue weighted by Gasteiger charge is 2.48. The minimum atomic E-state index is -1.58. The third-order valence-electron chi connectivity index (χ3n) is 3.46. The van der Waals surface area contributed by atoms with Crippen LogP contribution in [0.4, 0.5) is 0 Å². The fraction of sp³-hybridized carbons (Fsp3) is 0.750. The van der Waals surface area contributed by atoms with E-state index < -0.39 is 49.0 Å². The number of hydrogen-bond donors (Lipinski definition) is 5. The van der Waals surface area contributed by atoms with Gasteiger partial charge in [0, 0.05) is 6.42 Å². The fourth-order valence-electron chi connectivity index (χ4n) is 2.28. The molecular weight excluding hydrogens is 270 g/mol. The van der Waals surface area contributed by atoms with Gasteiger partial charge in [-0.25, -0.2) is 0 Å². The van der Waals surface area contributed by atoms with Crippen LogP contribution in [0.2, 0.25) is 0 Å². The molecule has 0 aromatic rings.